The molecule has 0 spiro atoms. The summed E-state index contributed by atoms with van der Waals surface area (Å²) in [6.45, 7) is 2.58. The lowest BCUT2D eigenvalue weighted by molar-refractivity contribution is -0.137. The predicted octanol–water partition coefficient (Wildman–Crippen LogP) is 3.58. The van der Waals surface area contributed by atoms with Crippen molar-refractivity contribution < 1.29 is 14.7 Å². The van der Waals surface area contributed by atoms with Crippen LogP contribution >= 0.6 is 23.2 Å². The van der Waals surface area contributed by atoms with E-state index in [-0.39, 0.29) is 33.5 Å². The molecular weight excluding hydrogens is 495 g/mol. The first-order valence-corrected chi connectivity index (χ1v) is 11.6. The number of carbonyl (C=O) groups excluding carboxylic acids is 1. The minimum Gasteiger partial charge on any atom is -0.480 e. The lowest BCUT2D eigenvalue weighted by Crippen LogP contribution is -2.45. The summed E-state index contributed by atoms with van der Waals surface area (Å²) in [5, 5.41) is 15.4. The number of hydrogen-bond acceptors (Lipinski definition) is 7. The van der Waals surface area contributed by atoms with Gasteiger partial charge in [0.25, 0.3) is 16.8 Å². The fourth-order valence-corrected chi connectivity index (χ4v) is 3.96. The van der Waals surface area contributed by atoms with E-state index in [1.54, 1.807) is 24.1 Å². The van der Waals surface area contributed by atoms with E-state index in [4.69, 9.17) is 23.2 Å². The maximum Gasteiger partial charge on any atom is 0.326 e. The second kappa shape index (κ2) is 11.3. The Labute approximate surface area is 211 Å². The van der Waals surface area contributed by atoms with E-state index in [1.807, 2.05) is 6.92 Å². The monoisotopic (exact) mass is 518 g/mol. The Bertz CT molecular complexity index is 1280. The Morgan fingerprint density at radius 3 is 2.26 bits per heavy atom. The van der Waals surface area contributed by atoms with Crippen molar-refractivity contribution in [1.29, 1.82) is 0 Å². The topological polar surface area (TPSA) is 129 Å². The molecule has 0 saturated carbocycles. The summed E-state index contributed by atoms with van der Waals surface area (Å²) in [6, 6.07) is 5.14. The number of pyridine rings is 1. The van der Waals surface area contributed by atoms with Gasteiger partial charge in [0.2, 0.25) is 0 Å². The number of nitrogens with zero attached hydrogens (tertiary/aromatic N) is 2. The van der Waals surface area contributed by atoms with Crippen molar-refractivity contribution in [3.8, 4) is 0 Å². The predicted molar refractivity (Wildman–Crippen MR) is 137 cm³/mol. The first-order valence-electron chi connectivity index (χ1n) is 10.9. The summed E-state index contributed by atoms with van der Waals surface area (Å²) in [5.74, 6) is -1.63. The maximum absolute atomic E-state index is 12.6. The number of carbonyl (C=O) groups is 2. The van der Waals surface area contributed by atoms with Gasteiger partial charge in [-0.15, -0.1) is 0 Å². The number of unbranched alkanes of at least 4 members (excludes halogenated alkanes) is 1. The number of halogens is 2. The van der Waals surface area contributed by atoms with Crippen molar-refractivity contribution in [2.24, 2.45) is 0 Å². The molecule has 0 fully saturated rings. The zero-order valence-corrected chi connectivity index (χ0v) is 20.6. The first kappa shape index (κ1) is 26.2. The number of amides is 1. The van der Waals surface area contributed by atoms with Crippen LogP contribution in [0.2, 0.25) is 10.0 Å². The van der Waals surface area contributed by atoms with E-state index in [2.05, 4.69) is 15.6 Å². The molecule has 11 heteroatoms. The van der Waals surface area contributed by atoms with Gasteiger partial charge in [0.1, 0.15) is 17.4 Å². The Balaban J connectivity index is 1.72. The fraction of sp³-hybridized carbons (Fsp3) is 0.292. The van der Waals surface area contributed by atoms with Crippen molar-refractivity contribution in [1.82, 2.24) is 4.98 Å². The fourth-order valence-electron chi connectivity index (χ4n) is 3.50. The molecule has 2 aromatic carbocycles. The Hall–Kier alpha value is -3.43. The molecular formula is C24H24Cl2N4O5. The quantitative estimate of drug-likeness (QED) is 0.328. The molecule has 1 heterocycles. The maximum atomic E-state index is 12.6. The van der Waals surface area contributed by atoms with Gasteiger partial charge in [-0.3, -0.25) is 19.4 Å². The van der Waals surface area contributed by atoms with E-state index < -0.39 is 28.8 Å². The standard InChI is InChI=1S/C24H24Cl2N4O5/c1-3-4-9-30(2)20-19(21(31)22(20)32)28-17(24(34)35)10-13-5-7-14(8-6-13)23(33)29-18-15(25)11-27-12-16(18)26/h5-8,11-12,17,28H,3-4,9-10H2,1-2H3,(H,34,35)(H,27,29,33)/t17-/m0/s1. The van der Waals surface area contributed by atoms with Gasteiger partial charge in [0, 0.05) is 38.0 Å². The van der Waals surface area contributed by atoms with Gasteiger partial charge in [0.05, 0.1) is 15.7 Å². The lowest BCUT2D eigenvalue weighted by atomic mass is 10.0. The molecule has 184 valence electrons. The highest BCUT2D eigenvalue weighted by Crippen LogP contribution is 2.29. The van der Waals surface area contributed by atoms with Crippen LogP contribution in [-0.2, 0) is 11.2 Å². The Morgan fingerprint density at radius 2 is 1.69 bits per heavy atom. The second-order valence-corrected chi connectivity index (χ2v) is 8.84. The van der Waals surface area contributed by atoms with E-state index >= 15 is 0 Å². The molecule has 0 saturated heterocycles. The van der Waals surface area contributed by atoms with Crippen LogP contribution in [0.4, 0.5) is 17.1 Å². The number of aliphatic carboxylic acids is 1. The number of nitrogens with one attached hydrogen (secondary N) is 2. The van der Waals surface area contributed by atoms with Crippen LogP contribution in [0.1, 0.15) is 35.7 Å². The van der Waals surface area contributed by atoms with Crippen molar-refractivity contribution >= 4 is 52.1 Å². The highest BCUT2D eigenvalue weighted by molar-refractivity contribution is 6.39. The van der Waals surface area contributed by atoms with Crippen molar-refractivity contribution in [3.63, 3.8) is 0 Å². The van der Waals surface area contributed by atoms with E-state index in [0.29, 0.717) is 17.7 Å². The molecule has 0 bridgehead atoms. The number of rotatable bonds is 11. The van der Waals surface area contributed by atoms with Crippen LogP contribution in [0.25, 0.3) is 0 Å². The molecule has 35 heavy (non-hydrogen) atoms. The molecule has 3 N–H and O–H groups in total. The van der Waals surface area contributed by atoms with Gasteiger partial charge in [-0.1, -0.05) is 48.7 Å². The number of benzene rings is 1. The number of carboxylic acids is 1. The summed E-state index contributed by atoms with van der Waals surface area (Å²) in [4.78, 5) is 54.1. The van der Waals surface area contributed by atoms with Gasteiger partial charge >= 0.3 is 5.97 Å². The first-order chi connectivity index (χ1) is 16.6. The minimum atomic E-state index is -1.18. The number of anilines is 3. The lowest BCUT2D eigenvalue weighted by Gasteiger charge is -2.25. The smallest absolute Gasteiger partial charge is 0.326 e. The number of hydrogen-bond donors (Lipinski definition) is 3. The summed E-state index contributed by atoms with van der Waals surface area (Å²) in [6.07, 6.45) is 4.48. The highest BCUT2D eigenvalue weighted by atomic mass is 35.5. The van der Waals surface area contributed by atoms with Crippen molar-refractivity contribution in [3.05, 3.63) is 78.3 Å². The summed E-state index contributed by atoms with van der Waals surface area (Å²) < 4.78 is 0. The van der Waals surface area contributed by atoms with E-state index in [9.17, 15) is 24.3 Å². The molecule has 0 aliphatic heterocycles. The van der Waals surface area contributed by atoms with Crippen LogP contribution in [0.3, 0.4) is 0 Å². The SMILES string of the molecule is CCCCN(C)c1c(N[C@@H](Cc2ccc(C(=O)Nc3c(Cl)cncc3Cl)cc2)C(=O)O)c(=O)c1=O. The molecule has 3 rings (SSSR count). The summed E-state index contributed by atoms with van der Waals surface area (Å²) in [5.41, 5.74) is 0.0226. The van der Waals surface area contributed by atoms with Crippen LogP contribution in [0, 0.1) is 0 Å². The summed E-state index contributed by atoms with van der Waals surface area (Å²) in [7, 11) is 1.70. The molecule has 9 nitrogen and oxygen atoms in total. The number of carboxylic acid groups (broad SMARTS) is 1. The largest absolute Gasteiger partial charge is 0.480 e. The van der Waals surface area contributed by atoms with Crippen LogP contribution in [-0.4, -0.2) is 41.6 Å². The zero-order valence-electron chi connectivity index (χ0n) is 19.1. The second-order valence-electron chi connectivity index (χ2n) is 8.03. The highest BCUT2D eigenvalue weighted by Gasteiger charge is 2.28. The van der Waals surface area contributed by atoms with Gasteiger partial charge in [-0.05, 0) is 24.1 Å². The zero-order chi connectivity index (χ0) is 25.7. The number of aromatic nitrogens is 1. The van der Waals surface area contributed by atoms with E-state index in [0.717, 1.165) is 12.8 Å². The van der Waals surface area contributed by atoms with Gasteiger partial charge in [-0.25, -0.2) is 4.79 Å². The third kappa shape index (κ3) is 5.98. The summed E-state index contributed by atoms with van der Waals surface area (Å²) >= 11 is 12.1. The van der Waals surface area contributed by atoms with Gasteiger partial charge in [0.15, 0.2) is 0 Å². The molecule has 0 unspecified atom stereocenters. The average Bonchev–Trinajstić information content (AvgIpc) is 2.83. The van der Waals surface area contributed by atoms with Gasteiger partial charge in [-0.2, -0.15) is 0 Å². The van der Waals surface area contributed by atoms with Crippen molar-refractivity contribution in [2.45, 2.75) is 32.2 Å². The van der Waals surface area contributed by atoms with Crippen molar-refractivity contribution in [2.75, 3.05) is 29.1 Å². The Kier molecular flexibility index (Phi) is 8.48. The molecule has 1 amide bonds. The normalized spacial score (nSPS) is 11.8. The van der Waals surface area contributed by atoms with Gasteiger partial charge < -0.3 is 20.6 Å². The molecule has 3 aromatic rings. The molecule has 0 aliphatic carbocycles. The van der Waals surface area contributed by atoms with Crippen LogP contribution < -0.4 is 26.4 Å². The molecule has 0 aliphatic rings. The average molecular weight is 519 g/mol. The molecule has 1 atom stereocenters. The van der Waals surface area contributed by atoms with E-state index in [1.165, 1.54) is 24.5 Å². The van der Waals surface area contributed by atoms with Crippen LogP contribution in [0.15, 0.2) is 46.2 Å². The minimum absolute atomic E-state index is 0.0168. The third-order valence-electron chi connectivity index (χ3n) is 5.48. The van der Waals surface area contributed by atoms with Crippen LogP contribution in [0.5, 0.6) is 0 Å². The third-order valence-corrected chi connectivity index (χ3v) is 6.05. The molecule has 0 radical (unpaired) electrons. The Morgan fingerprint density at radius 1 is 1.06 bits per heavy atom. The molecule has 1 aromatic heterocycles.